The van der Waals surface area contributed by atoms with E-state index in [9.17, 15) is 0 Å². The second-order valence-electron chi connectivity index (χ2n) is 4.73. The van der Waals surface area contributed by atoms with E-state index in [0.29, 0.717) is 6.01 Å². The van der Waals surface area contributed by atoms with Crippen molar-refractivity contribution >= 4 is 0 Å². The molecule has 0 amide bonds. The highest BCUT2D eigenvalue weighted by molar-refractivity contribution is 5.29. The summed E-state index contributed by atoms with van der Waals surface area (Å²) in [5.74, 6) is 0. The van der Waals surface area contributed by atoms with Crippen molar-refractivity contribution < 1.29 is 4.74 Å². The number of rotatable bonds is 8. The van der Waals surface area contributed by atoms with Crippen LogP contribution in [0.5, 0.6) is 6.01 Å². The summed E-state index contributed by atoms with van der Waals surface area (Å²) in [6, 6.07) is 10.3. The fraction of sp³-hybridized carbons (Fsp3) is 0.467. The molecule has 1 atom stereocenters. The van der Waals surface area contributed by atoms with Crippen LogP contribution in [0.3, 0.4) is 0 Å². The molecule has 0 aliphatic carbocycles. The van der Waals surface area contributed by atoms with Crippen LogP contribution in [0.1, 0.15) is 26.7 Å². The maximum atomic E-state index is 5.73. The van der Waals surface area contributed by atoms with Gasteiger partial charge in [0.15, 0.2) is 0 Å². The van der Waals surface area contributed by atoms with Crippen molar-refractivity contribution in [1.82, 2.24) is 20.1 Å². The van der Waals surface area contributed by atoms with E-state index < -0.39 is 0 Å². The van der Waals surface area contributed by atoms with Crippen LogP contribution < -0.4 is 10.1 Å². The molecule has 1 heterocycles. The van der Waals surface area contributed by atoms with Crippen LogP contribution in [0.2, 0.25) is 0 Å². The van der Waals surface area contributed by atoms with Crippen LogP contribution in [-0.4, -0.2) is 34.0 Å². The molecule has 0 saturated heterocycles. The molecule has 1 N–H and O–H groups in total. The molecule has 2 rings (SSSR count). The zero-order valence-corrected chi connectivity index (χ0v) is 12.1. The molecule has 0 bridgehead atoms. The molecule has 0 radical (unpaired) electrons. The number of hydrogen-bond donors (Lipinski definition) is 1. The summed E-state index contributed by atoms with van der Waals surface area (Å²) in [7, 11) is 0. The standard InChI is InChI=1S/C15H22N4O/c1-3-16-11-7-8-13(2)20-15-17-12-19(18-15)14-9-5-4-6-10-14/h4-6,9-10,12-13,16H,3,7-8,11H2,1-2H3. The Hall–Kier alpha value is -1.88. The molecule has 1 aromatic carbocycles. The van der Waals surface area contributed by atoms with Crippen molar-refractivity contribution in [3.05, 3.63) is 36.7 Å². The van der Waals surface area contributed by atoms with E-state index in [-0.39, 0.29) is 6.10 Å². The van der Waals surface area contributed by atoms with Gasteiger partial charge in [-0.2, -0.15) is 4.98 Å². The molecule has 20 heavy (non-hydrogen) atoms. The van der Waals surface area contributed by atoms with Crippen molar-refractivity contribution in [2.45, 2.75) is 32.8 Å². The van der Waals surface area contributed by atoms with E-state index in [1.807, 2.05) is 30.3 Å². The van der Waals surface area contributed by atoms with Crippen LogP contribution in [0, 0.1) is 0 Å². The van der Waals surface area contributed by atoms with Crippen molar-refractivity contribution in [2.75, 3.05) is 13.1 Å². The highest BCUT2D eigenvalue weighted by atomic mass is 16.5. The summed E-state index contributed by atoms with van der Waals surface area (Å²) in [5.41, 5.74) is 0.981. The predicted octanol–water partition coefficient (Wildman–Crippen LogP) is 2.42. The van der Waals surface area contributed by atoms with Gasteiger partial charge in [-0.25, -0.2) is 4.68 Å². The maximum Gasteiger partial charge on any atom is 0.336 e. The molecule has 0 aliphatic rings. The van der Waals surface area contributed by atoms with E-state index in [1.54, 1.807) is 11.0 Å². The van der Waals surface area contributed by atoms with Crippen LogP contribution >= 0.6 is 0 Å². The van der Waals surface area contributed by atoms with E-state index in [4.69, 9.17) is 4.74 Å². The fourth-order valence-corrected chi connectivity index (χ4v) is 1.94. The summed E-state index contributed by atoms with van der Waals surface area (Å²) in [5, 5.41) is 7.63. The van der Waals surface area contributed by atoms with Gasteiger partial charge in [0.2, 0.25) is 0 Å². The smallest absolute Gasteiger partial charge is 0.336 e. The predicted molar refractivity (Wildman–Crippen MR) is 79.2 cm³/mol. The zero-order valence-electron chi connectivity index (χ0n) is 12.1. The van der Waals surface area contributed by atoms with Gasteiger partial charge in [0, 0.05) is 0 Å². The molecular weight excluding hydrogens is 252 g/mol. The lowest BCUT2D eigenvalue weighted by Crippen LogP contribution is -2.18. The van der Waals surface area contributed by atoms with Gasteiger partial charge in [-0.3, -0.25) is 0 Å². The Morgan fingerprint density at radius 3 is 2.85 bits per heavy atom. The lowest BCUT2D eigenvalue weighted by atomic mass is 10.2. The summed E-state index contributed by atoms with van der Waals surface area (Å²) >= 11 is 0. The fourth-order valence-electron chi connectivity index (χ4n) is 1.94. The van der Waals surface area contributed by atoms with Crippen molar-refractivity contribution in [2.24, 2.45) is 0 Å². The molecule has 5 nitrogen and oxygen atoms in total. The van der Waals surface area contributed by atoms with Crippen LogP contribution in [0.15, 0.2) is 36.7 Å². The third-order valence-corrected chi connectivity index (χ3v) is 3.01. The van der Waals surface area contributed by atoms with Gasteiger partial charge in [-0.15, -0.1) is 5.10 Å². The Bertz CT molecular complexity index is 498. The summed E-state index contributed by atoms with van der Waals surface area (Å²) in [4.78, 5) is 4.19. The number of nitrogens with one attached hydrogen (secondary N) is 1. The first-order chi connectivity index (χ1) is 9.79. The SMILES string of the molecule is CCNCCCC(C)Oc1ncn(-c2ccccc2)n1. The van der Waals surface area contributed by atoms with E-state index in [2.05, 4.69) is 29.2 Å². The van der Waals surface area contributed by atoms with Gasteiger partial charge >= 0.3 is 6.01 Å². The molecule has 5 heteroatoms. The topological polar surface area (TPSA) is 52.0 Å². The van der Waals surface area contributed by atoms with E-state index in [0.717, 1.165) is 31.6 Å². The van der Waals surface area contributed by atoms with Crippen LogP contribution in [0.25, 0.3) is 5.69 Å². The molecule has 0 spiro atoms. The molecular formula is C15H22N4O. The first-order valence-corrected chi connectivity index (χ1v) is 7.14. The number of ether oxygens (including phenoxy) is 1. The molecule has 1 unspecified atom stereocenters. The minimum atomic E-state index is 0.125. The highest BCUT2D eigenvalue weighted by Crippen LogP contribution is 2.11. The summed E-state index contributed by atoms with van der Waals surface area (Å²) < 4.78 is 7.45. The summed E-state index contributed by atoms with van der Waals surface area (Å²) in [6.45, 7) is 6.20. The highest BCUT2D eigenvalue weighted by Gasteiger charge is 2.08. The molecule has 0 saturated carbocycles. The van der Waals surface area contributed by atoms with Crippen LogP contribution in [-0.2, 0) is 0 Å². The second-order valence-corrected chi connectivity index (χ2v) is 4.73. The lowest BCUT2D eigenvalue weighted by Gasteiger charge is -2.11. The number of nitrogens with zero attached hydrogens (tertiary/aromatic N) is 3. The second kappa shape index (κ2) is 7.65. The zero-order chi connectivity index (χ0) is 14.2. The van der Waals surface area contributed by atoms with Gasteiger partial charge in [0.05, 0.1) is 11.8 Å². The van der Waals surface area contributed by atoms with Gasteiger partial charge in [-0.1, -0.05) is 25.1 Å². The largest absolute Gasteiger partial charge is 0.459 e. The Balaban J connectivity index is 1.83. The number of para-hydroxylation sites is 1. The first-order valence-electron chi connectivity index (χ1n) is 7.14. The van der Waals surface area contributed by atoms with Gasteiger partial charge in [0.25, 0.3) is 0 Å². The quantitative estimate of drug-likeness (QED) is 0.751. The lowest BCUT2D eigenvalue weighted by molar-refractivity contribution is 0.190. The minimum absolute atomic E-state index is 0.125. The first kappa shape index (κ1) is 14.5. The van der Waals surface area contributed by atoms with Crippen molar-refractivity contribution in [3.8, 4) is 11.7 Å². The minimum Gasteiger partial charge on any atom is -0.459 e. The van der Waals surface area contributed by atoms with Crippen LogP contribution in [0.4, 0.5) is 0 Å². The molecule has 0 fully saturated rings. The van der Waals surface area contributed by atoms with Gasteiger partial charge < -0.3 is 10.1 Å². The average Bonchev–Trinajstić information content (AvgIpc) is 2.93. The molecule has 108 valence electrons. The molecule has 2 aromatic rings. The Labute approximate surface area is 120 Å². The molecule has 1 aromatic heterocycles. The number of hydrogen-bond acceptors (Lipinski definition) is 4. The Morgan fingerprint density at radius 2 is 2.10 bits per heavy atom. The van der Waals surface area contributed by atoms with Gasteiger partial charge in [0.1, 0.15) is 6.33 Å². The average molecular weight is 274 g/mol. The Kier molecular flexibility index (Phi) is 5.55. The number of benzene rings is 1. The van der Waals surface area contributed by atoms with Crippen molar-refractivity contribution in [3.63, 3.8) is 0 Å². The third-order valence-electron chi connectivity index (χ3n) is 3.01. The monoisotopic (exact) mass is 274 g/mol. The van der Waals surface area contributed by atoms with Gasteiger partial charge in [-0.05, 0) is 45.0 Å². The number of aromatic nitrogens is 3. The Morgan fingerprint density at radius 1 is 1.30 bits per heavy atom. The normalized spacial score (nSPS) is 12.3. The van der Waals surface area contributed by atoms with E-state index >= 15 is 0 Å². The third kappa shape index (κ3) is 4.35. The summed E-state index contributed by atoms with van der Waals surface area (Å²) in [6.07, 6.45) is 3.89. The molecule has 0 aliphatic heterocycles. The maximum absolute atomic E-state index is 5.73. The van der Waals surface area contributed by atoms with E-state index in [1.165, 1.54) is 0 Å². The van der Waals surface area contributed by atoms with Crippen molar-refractivity contribution in [1.29, 1.82) is 0 Å².